The Morgan fingerprint density at radius 2 is 1.94 bits per heavy atom. The Morgan fingerprint density at radius 3 is 2.67 bits per heavy atom. The zero-order chi connectivity index (χ0) is 12.7. The third-order valence-electron chi connectivity index (χ3n) is 2.60. The van der Waals surface area contributed by atoms with E-state index in [1.54, 1.807) is 18.2 Å². The van der Waals surface area contributed by atoms with Gasteiger partial charge in [0.2, 0.25) is 0 Å². The molecule has 1 heterocycles. The summed E-state index contributed by atoms with van der Waals surface area (Å²) in [5.74, 6) is -0.332. The Labute approximate surface area is 110 Å². The van der Waals surface area contributed by atoms with Gasteiger partial charge in [0.1, 0.15) is 17.2 Å². The molecule has 0 unspecified atom stereocenters. The van der Waals surface area contributed by atoms with Crippen molar-refractivity contribution < 1.29 is 8.78 Å². The van der Waals surface area contributed by atoms with E-state index >= 15 is 0 Å². The zero-order valence-corrected chi connectivity index (χ0v) is 10.6. The smallest absolute Gasteiger partial charge is 0.151 e. The van der Waals surface area contributed by atoms with E-state index in [4.69, 9.17) is 0 Å². The lowest BCUT2D eigenvalue weighted by Gasteiger charge is -1.98. The van der Waals surface area contributed by atoms with Gasteiger partial charge in [-0.3, -0.25) is 0 Å². The summed E-state index contributed by atoms with van der Waals surface area (Å²) in [5.41, 5.74) is 1.41. The van der Waals surface area contributed by atoms with Crippen LogP contribution in [0.4, 0.5) is 8.78 Å². The van der Waals surface area contributed by atoms with Gasteiger partial charge in [-0.05, 0) is 30.3 Å². The molecule has 2 nitrogen and oxygen atoms in total. The number of benzene rings is 2. The third-order valence-corrected chi connectivity index (χ3v) is 3.06. The maximum absolute atomic E-state index is 13.5. The van der Waals surface area contributed by atoms with E-state index in [0.29, 0.717) is 21.4 Å². The van der Waals surface area contributed by atoms with Crippen molar-refractivity contribution in [3.63, 3.8) is 0 Å². The predicted octanol–water partition coefficient (Wildman–Crippen LogP) is 4.27. The SMILES string of the molecule is Fc1cc(Br)cc(-c2nc3c(F)cccc3[nH]2)c1. The molecular weight excluding hydrogens is 302 g/mol. The van der Waals surface area contributed by atoms with E-state index < -0.39 is 5.82 Å². The number of rotatable bonds is 1. The lowest BCUT2D eigenvalue weighted by Crippen LogP contribution is -1.83. The molecule has 0 bridgehead atoms. The molecule has 3 rings (SSSR count). The summed E-state index contributed by atoms with van der Waals surface area (Å²) in [6.07, 6.45) is 0. The van der Waals surface area contributed by atoms with Crippen molar-refractivity contribution in [1.82, 2.24) is 9.97 Å². The van der Waals surface area contributed by atoms with Crippen LogP contribution >= 0.6 is 15.9 Å². The van der Waals surface area contributed by atoms with E-state index in [9.17, 15) is 8.78 Å². The van der Waals surface area contributed by atoms with E-state index in [1.165, 1.54) is 18.2 Å². The molecule has 1 aromatic heterocycles. The van der Waals surface area contributed by atoms with Gasteiger partial charge >= 0.3 is 0 Å². The van der Waals surface area contributed by atoms with Crippen LogP contribution in [-0.4, -0.2) is 9.97 Å². The fraction of sp³-hybridized carbons (Fsp3) is 0. The number of fused-ring (bicyclic) bond motifs is 1. The monoisotopic (exact) mass is 308 g/mol. The minimum atomic E-state index is -0.398. The van der Waals surface area contributed by atoms with Gasteiger partial charge in [0.25, 0.3) is 0 Å². The highest BCUT2D eigenvalue weighted by atomic mass is 79.9. The van der Waals surface area contributed by atoms with Crippen molar-refractivity contribution in [2.75, 3.05) is 0 Å². The predicted molar refractivity (Wildman–Crippen MR) is 69.1 cm³/mol. The first-order valence-electron chi connectivity index (χ1n) is 5.24. The zero-order valence-electron chi connectivity index (χ0n) is 9.05. The van der Waals surface area contributed by atoms with Gasteiger partial charge in [0.05, 0.1) is 5.52 Å². The molecule has 90 valence electrons. The maximum Gasteiger partial charge on any atom is 0.151 e. The first kappa shape index (κ1) is 11.3. The van der Waals surface area contributed by atoms with Crippen molar-refractivity contribution in [3.05, 3.63) is 52.5 Å². The largest absolute Gasteiger partial charge is 0.338 e. The number of hydrogen-bond acceptors (Lipinski definition) is 1. The second kappa shape index (κ2) is 4.17. The van der Waals surface area contributed by atoms with Gasteiger partial charge in [-0.25, -0.2) is 13.8 Å². The van der Waals surface area contributed by atoms with Gasteiger partial charge in [-0.1, -0.05) is 22.0 Å². The van der Waals surface area contributed by atoms with Gasteiger partial charge < -0.3 is 4.98 Å². The van der Waals surface area contributed by atoms with Crippen molar-refractivity contribution in [1.29, 1.82) is 0 Å². The van der Waals surface area contributed by atoms with Crippen molar-refractivity contribution in [2.24, 2.45) is 0 Å². The van der Waals surface area contributed by atoms with E-state index in [2.05, 4.69) is 25.9 Å². The highest BCUT2D eigenvalue weighted by Crippen LogP contribution is 2.25. The number of hydrogen-bond donors (Lipinski definition) is 1. The normalized spacial score (nSPS) is 11.1. The number of aromatic nitrogens is 2. The molecule has 5 heteroatoms. The lowest BCUT2D eigenvalue weighted by molar-refractivity contribution is 0.627. The van der Waals surface area contributed by atoms with E-state index in [0.717, 1.165) is 0 Å². The van der Waals surface area contributed by atoms with Gasteiger partial charge in [-0.2, -0.15) is 0 Å². The van der Waals surface area contributed by atoms with Crippen LogP contribution < -0.4 is 0 Å². The van der Waals surface area contributed by atoms with Gasteiger partial charge in [0.15, 0.2) is 5.82 Å². The summed E-state index contributed by atoms with van der Waals surface area (Å²) in [5, 5.41) is 0. The molecule has 0 aliphatic carbocycles. The van der Waals surface area contributed by atoms with Crippen LogP contribution in [0.3, 0.4) is 0 Å². The maximum atomic E-state index is 13.5. The number of halogens is 3. The number of aromatic amines is 1. The van der Waals surface area contributed by atoms with Gasteiger partial charge in [0, 0.05) is 10.0 Å². The fourth-order valence-electron chi connectivity index (χ4n) is 1.82. The quantitative estimate of drug-likeness (QED) is 0.714. The number of para-hydroxylation sites is 1. The van der Waals surface area contributed by atoms with Crippen molar-refractivity contribution in [2.45, 2.75) is 0 Å². The van der Waals surface area contributed by atoms with Crippen LogP contribution in [0.1, 0.15) is 0 Å². The second-order valence-electron chi connectivity index (χ2n) is 3.88. The molecule has 0 saturated carbocycles. The Morgan fingerprint density at radius 1 is 1.11 bits per heavy atom. The first-order valence-corrected chi connectivity index (χ1v) is 6.03. The molecule has 0 aliphatic heterocycles. The molecule has 0 fully saturated rings. The molecule has 0 spiro atoms. The molecule has 1 N–H and O–H groups in total. The molecular formula is C13H7BrF2N2. The van der Waals surface area contributed by atoms with Crippen LogP contribution in [-0.2, 0) is 0 Å². The second-order valence-corrected chi connectivity index (χ2v) is 4.80. The Balaban J connectivity index is 2.22. The third kappa shape index (κ3) is 1.90. The van der Waals surface area contributed by atoms with Crippen LogP contribution in [0.25, 0.3) is 22.4 Å². The Bertz CT molecular complexity index is 717. The molecule has 0 saturated heterocycles. The molecule has 0 amide bonds. The Hall–Kier alpha value is -1.75. The summed E-state index contributed by atoms with van der Waals surface area (Å²) in [6, 6.07) is 9.09. The molecule has 2 aromatic carbocycles. The standard InChI is InChI=1S/C13H7BrF2N2/c14-8-4-7(5-9(15)6-8)13-17-11-3-1-2-10(16)12(11)18-13/h1-6H,(H,17,18). The first-order chi connectivity index (χ1) is 8.63. The molecule has 3 aromatic rings. The minimum Gasteiger partial charge on any atom is -0.338 e. The minimum absolute atomic E-state index is 0.257. The van der Waals surface area contributed by atoms with Crippen molar-refractivity contribution in [3.8, 4) is 11.4 Å². The summed E-state index contributed by atoms with van der Waals surface area (Å²) < 4.78 is 27.4. The molecule has 0 radical (unpaired) electrons. The van der Waals surface area contributed by atoms with Crippen molar-refractivity contribution >= 4 is 27.0 Å². The average Bonchev–Trinajstić information content (AvgIpc) is 2.73. The summed E-state index contributed by atoms with van der Waals surface area (Å²) in [6.45, 7) is 0. The van der Waals surface area contributed by atoms with Crippen LogP contribution in [0.5, 0.6) is 0 Å². The summed E-state index contributed by atoms with van der Waals surface area (Å²) in [7, 11) is 0. The summed E-state index contributed by atoms with van der Waals surface area (Å²) in [4.78, 5) is 7.12. The molecule has 0 aliphatic rings. The van der Waals surface area contributed by atoms with E-state index in [-0.39, 0.29) is 11.3 Å². The molecule has 18 heavy (non-hydrogen) atoms. The lowest BCUT2D eigenvalue weighted by atomic mass is 10.2. The van der Waals surface area contributed by atoms with Crippen LogP contribution in [0.15, 0.2) is 40.9 Å². The summed E-state index contributed by atoms with van der Waals surface area (Å²) >= 11 is 3.21. The Kier molecular flexibility index (Phi) is 2.63. The van der Waals surface area contributed by atoms with Crippen LogP contribution in [0.2, 0.25) is 0 Å². The average molecular weight is 309 g/mol. The number of H-pyrrole nitrogens is 1. The number of nitrogens with zero attached hydrogens (tertiary/aromatic N) is 1. The highest BCUT2D eigenvalue weighted by molar-refractivity contribution is 9.10. The molecule has 0 atom stereocenters. The van der Waals surface area contributed by atoms with Gasteiger partial charge in [-0.15, -0.1) is 0 Å². The number of nitrogens with one attached hydrogen (secondary N) is 1. The number of imidazole rings is 1. The highest BCUT2D eigenvalue weighted by Gasteiger charge is 2.10. The van der Waals surface area contributed by atoms with Crippen LogP contribution in [0, 0.1) is 11.6 Å². The fourth-order valence-corrected chi connectivity index (χ4v) is 2.29. The van der Waals surface area contributed by atoms with E-state index in [1.807, 2.05) is 0 Å². The topological polar surface area (TPSA) is 28.7 Å².